The minimum atomic E-state index is 0.222. The van der Waals surface area contributed by atoms with Crippen molar-refractivity contribution in [3.05, 3.63) is 47.3 Å². The summed E-state index contributed by atoms with van der Waals surface area (Å²) in [6.07, 6.45) is 5.50. The zero-order chi connectivity index (χ0) is 23.6. The molecule has 174 valence electrons. The summed E-state index contributed by atoms with van der Waals surface area (Å²) in [5.41, 5.74) is 3.70. The molecule has 6 heteroatoms. The van der Waals surface area contributed by atoms with Crippen molar-refractivity contribution in [2.24, 2.45) is 5.92 Å². The number of nitrogens with one attached hydrogen (secondary N) is 1. The third-order valence-electron chi connectivity index (χ3n) is 4.89. The van der Waals surface area contributed by atoms with Crippen molar-refractivity contribution in [3.8, 4) is 0 Å². The maximum Gasteiger partial charge on any atom is 0.222 e. The zero-order valence-corrected chi connectivity index (χ0v) is 20.5. The van der Waals surface area contributed by atoms with Crippen molar-refractivity contribution in [1.82, 2.24) is 9.97 Å². The van der Waals surface area contributed by atoms with Gasteiger partial charge in [-0.05, 0) is 50.3 Å². The predicted molar refractivity (Wildman–Crippen MR) is 132 cm³/mol. The fourth-order valence-corrected chi connectivity index (χ4v) is 2.66. The molecule has 1 aromatic carbocycles. The van der Waals surface area contributed by atoms with Crippen molar-refractivity contribution in [1.29, 1.82) is 0 Å². The van der Waals surface area contributed by atoms with Gasteiger partial charge in [0.15, 0.2) is 6.29 Å². The average Bonchev–Trinajstić information content (AvgIpc) is 2.80. The summed E-state index contributed by atoms with van der Waals surface area (Å²) >= 11 is 0. The van der Waals surface area contributed by atoms with Crippen molar-refractivity contribution in [2.75, 3.05) is 37.0 Å². The van der Waals surface area contributed by atoms with Gasteiger partial charge in [-0.15, -0.1) is 0 Å². The summed E-state index contributed by atoms with van der Waals surface area (Å²) in [5.74, 6) is 1.36. The summed E-state index contributed by atoms with van der Waals surface area (Å²) in [6, 6.07) is 8.45. The molecule has 2 N–H and O–H groups in total. The van der Waals surface area contributed by atoms with E-state index in [1.807, 2.05) is 20.8 Å². The van der Waals surface area contributed by atoms with Crippen LogP contribution in [0, 0.1) is 12.8 Å². The molecule has 0 aliphatic heterocycles. The third kappa shape index (κ3) is 11.5. The van der Waals surface area contributed by atoms with E-state index >= 15 is 0 Å². The van der Waals surface area contributed by atoms with Crippen LogP contribution in [0.3, 0.4) is 0 Å². The molecule has 0 saturated carbocycles. The Kier molecular flexibility index (Phi) is 15.9. The predicted octanol–water partition coefficient (Wildman–Crippen LogP) is 5.15. The molecule has 0 amide bonds. The Balaban J connectivity index is 0.000000564. The molecule has 0 spiro atoms. The van der Waals surface area contributed by atoms with Gasteiger partial charge in [0.1, 0.15) is 0 Å². The van der Waals surface area contributed by atoms with E-state index in [0.717, 1.165) is 31.7 Å². The highest BCUT2D eigenvalue weighted by atomic mass is 16.2. The van der Waals surface area contributed by atoms with Crippen molar-refractivity contribution in [3.63, 3.8) is 0 Å². The van der Waals surface area contributed by atoms with Gasteiger partial charge in [-0.3, -0.25) is 4.79 Å². The highest BCUT2D eigenvalue weighted by Crippen LogP contribution is 2.17. The van der Waals surface area contributed by atoms with Gasteiger partial charge in [0.2, 0.25) is 5.95 Å². The molecular formula is C25H42N4O2. The van der Waals surface area contributed by atoms with Gasteiger partial charge in [-0.25, -0.2) is 9.97 Å². The van der Waals surface area contributed by atoms with Crippen LogP contribution in [-0.4, -0.2) is 48.1 Å². The van der Waals surface area contributed by atoms with Crippen LogP contribution in [0.25, 0.3) is 0 Å². The van der Waals surface area contributed by atoms with E-state index in [0.29, 0.717) is 17.2 Å². The number of benzene rings is 1. The molecule has 2 aromatic rings. The average molecular weight is 431 g/mol. The van der Waals surface area contributed by atoms with Crippen LogP contribution in [0.5, 0.6) is 0 Å². The summed E-state index contributed by atoms with van der Waals surface area (Å²) in [5, 5.41) is 11.9. The van der Waals surface area contributed by atoms with E-state index in [1.54, 1.807) is 6.92 Å². The Morgan fingerprint density at radius 3 is 2.52 bits per heavy atom. The topological polar surface area (TPSA) is 78.4 Å². The molecular weight excluding hydrogens is 388 g/mol. The highest BCUT2D eigenvalue weighted by Gasteiger charge is 2.05. The van der Waals surface area contributed by atoms with Crippen LogP contribution in [0.2, 0.25) is 0 Å². The standard InChI is InChI=1S/C15H25NO.C8H11N3O.C2H6/c1-4-13(2)8-10-16(3)15-7-5-6-14(12-15)9-11-17;1-3-9-8-10-4-7(5-12)6(2)11-8;1-2/h5-7,12-13,17H,4,8-11H2,1-3H3;4-5H,3H2,1-2H3,(H,9,10,11);1-2H3. The Bertz CT molecular complexity index is 737. The number of anilines is 2. The van der Waals surface area contributed by atoms with Gasteiger partial charge >= 0.3 is 0 Å². The van der Waals surface area contributed by atoms with Gasteiger partial charge < -0.3 is 15.3 Å². The lowest BCUT2D eigenvalue weighted by molar-refractivity contribution is 0.112. The molecule has 1 unspecified atom stereocenters. The second-order valence-electron chi connectivity index (χ2n) is 7.25. The minimum absolute atomic E-state index is 0.222. The monoisotopic (exact) mass is 430 g/mol. The van der Waals surface area contributed by atoms with Crippen LogP contribution >= 0.6 is 0 Å². The molecule has 2 rings (SSSR count). The first-order valence-electron chi connectivity index (χ1n) is 11.4. The lowest BCUT2D eigenvalue weighted by atomic mass is 10.0. The second kappa shape index (κ2) is 17.2. The largest absolute Gasteiger partial charge is 0.396 e. The van der Waals surface area contributed by atoms with E-state index in [-0.39, 0.29) is 6.61 Å². The molecule has 0 aliphatic rings. The zero-order valence-electron chi connectivity index (χ0n) is 20.5. The smallest absolute Gasteiger partial charge is 0.222 e. The SMILES string of the molecule is CC.CCC(C)CCN(C)c1cccc(CCO)c1.CCNc1ncc(C=O)c(C)n1. The lowest BCUT2D eigenvalue weighted by Gasteiger charge is -2.21. The van der Waals surface area contributed by atoms with Gasteiger partial charge in [0.25, 0.3) is 0 Å². The first kappa shape index (κ1) is 28.5. The lowest BCUT2D eigenvalue weighted by Crippen LogP contribution is -2.20. The Morgan fingerprint density at radius 1 is 1.26 bits per heavy atom. The van der Waals surface area contributed by atoms with Gasteiger partial charge in [0, 0.05) is 38.6 Å². The van der Waals surface area contributed by atoms with Crippen molar-refractivity contribution < 1.29 is 9.90 Å². The van der Waals surface area contributed by atoms with Crippen molar-refractivity contribution >= 4 is 17.9 Å². The van der Waals surface area contributed by atoms with E-state index in [4.69, 9.17) is 5.11 Å². The molecule has 0 aliphatic carbocycles. The quantitative estimate of drug-likeness (QED) is 0.508. The maximum absolute atomic E-state index is 10.4. The number of hydrogen-bond acceptors (Lipinski definition) is 6. The van der Waals surface area contributed by atoms with Crippen LogP contribution in [0.4, 0.5) is 11.6 Å². The third-order valence-corrected chi connectivity index (χ3v) is 4.89. The van der Waals surface area contributed by atoms with Crippen LogP contribution in [-0.2, 0) is 6.42 Å². The summed E-state index contributed by atoms with van der Waals surface area (Å²) < 4.78 is 0. The number of aldehydes is 1. The first-order valence-corrected chi connectivity index (χ1v) is 11.4. The second-order valence-corrected chi connectivity index (χ2v) is 7.25. The normalized spacial score (nSPS) is 10.7. The molecule has 1 atom stereocenters. The van der Waals surface area contributed by atoms with Crippen LogP contribution < -0.4 is 10.2 Å². The fraction of sp³-hybridized carbons (Fsp3) is 0.560. The summed E-state index contributed by atoms with van der Waals surface area (Å²) in [4.78, 5) is 20.7. The molecule has 31 heavy (non-hydrogen) atoms. The molecule has 1 aromatic heterocycles. The van der Waals surface area contributed by atoms with Crippen molar-refractivity contribution in [2.45, 2.75) is 60.8 Å². The van der Waals surface area contributed by atoms with E-state index < -0.39 is 0 Å². The summed E-state index contributed by atoms with van der Waals surface area (Å²) in [7, 11) is 2.14. The van der Waals surface area contributed by atoms with Crippen LogP contribution in [0.15, 0.2) is 30.5 Å². The molecule has 0 bridgehead atoms. The number of carbonyl (C=O) groups excluding carboxylic acids is 1. The number of hydrogen-bond donors (Lipinski definition) is 2. The molecule has 0 radical (unpaired) electrons. The summed E-state index contributed by atoms with van der Waals surface area (Å²) in [6.45, 7) is 14.4. The minimum Gasteiger partial charge on any atom is -0.396 e. The Labute approximate surface area is 189 Å². The number of aliphatic hydroxyl groups is 1. The Hall–Kier alpha value is -2.47. The number of nitrogens with zero attached hydrogens (tertiary/aromatic N) is 3. The highest BCUT2D eigenvalue weighted by molar-refractivity contribution is 5.75. The molecule has 6 nitrogen and oxygen atoms in total. The molecule has 0 saturated heterocycles. The number of aromatic nitrogens is 2. The fourth-order valence-electron chi connectivity index (χ4n) is 2.66. The number of aliphatic hydroxyl groups excluding tert-OH is 1. The van der Waals surface area contributed by atoms with Gasteiger partial charge in [-0.2, -0.15) is 0 Å². The number of aryl methyl sites for hydroxylation is 1. The van der Waals surface area contributed by atoms with E-state index in [9.17, 15) is 4.79 Å². The number of rotatable bonds is 10. The number of carbonyl (C=O) groups is 1. The molecule has 0 fully saturated rings. The first-order chi connectivity index (χ1) is 14.9. The Morgan fingerprint density at radius 2 is 1.97 bits per heavy atom. The van der Waals surface area contributed by atoms with E-state index in [1.165, 1.54) is 30.3 Å². The van der Waals surface area contributed by atoms with E-state index in [2.05, 4.69) is 65.3 Å². The van der Waals surface area contributed by atoms with Gasteiger partial charge in [0.05, 0.1) is 11.3 Å². The van der Waals surface area contributed by atoms with Crippen LogP contribution in [0.1, 0.15) is 69.1 Å². The maximum atomic E-state index is 10.4. The van der Waals surface area contributed by atoms with Gasteiger partial charge in [-0.1, -0.05) is 46.2 Å². The molecule has 1 heterocycles.